The van der Waals surface area contributed by atoms with Crippen LogP contribution in [0.3, 0.4) is 0 Å². The summed E-state index contributed by atoms with van der Waals surface area (Å²) in [5.41, 5.74) is 4.37. The molecule has 1 atom stereocenters. The van der Waals surface area contributed by atoms with Crippen molar-refractivity contribution in [3.8, 4) is 0 Å². The van der Waals surface area contributed by atoms with E-state index in [1.54, 1.807) is 6.08 Å². The number of benzene rings is 1. The van der Waals surface area contributed by atoms with Gasteiger partial charge >= 0.3 is 0 Å². The van der Waals surface area contributed by atoms with Crippen LogP contribution in [0.15, 0.2) is 35.3 Å². The van der Waals surface area contributed by atoms with Gasteiger partial charge in [-0.05, 0) is 43.9 Å². The monoisotopic (exact) mass is 387 g/mol. The Bertz CT molecular complexity index is 692. The molecule has 1 heterocycles. The van der Waals surface area contributed by atoms with Crippen LogP contribution in [0.25, 0.3) is 6.08 Å². The third-order valence-electron chi connectivity index (χ3n) is 4.08. The van der Waals surface area contributed by atoms with Gasteiger partial charge in [-0.1, -0.05) is 24.3 Å². The standard InChI is InChI=1S/C21H29N3O4/c1-3-22-19(23-15-16(2)25)14-18-9-7-17(8-10-18)11-12-20(26)24-28-21-6-4-5-13-27-21/h7-12,21H,3-6,13-15H2,1-2H3,(H,22,23)(H,24,26)/b12-11+. The highest BCUT2D eigenvalue weighted by atomic mass is 16.8. The van der Waals surface area contributed by atoms with E-state index in [1.165, 1.54) is 13.0 Å². The van der Waals surface area contributed by atoms with Crippen LogP contribution in [0.4, 0.5) is 0 Å². The van der Waals surface area contributed by atoms with E-state index in [-0.39, 0.29) is 24.5 Å². The molecule has 28 heavy (non-hydrogen) atoms. The number of nitrogens with zero attached hydrogens (tertiary/aromatic N) is 1. The molecule has 0 radical (unpaired) electrons. The highest BCUT2D eigenvalue weighted by molar-refractivity contribution is 5.91. The van der Waals surface area contributed by atoms with E-state index in [4.69, 9.17) is 9.57 Å². The molecule has 1 unspecified atom stereocenters. The lowest BCUT2D eigenvalue weighted by Gasteiger charge is -2.21. The first-order valence-electron chi connectivity index (χ1n) is 9.67. The minimum absolute atomic E-state index is 0.0354. The fourth-order valence-electron chi connectivity index (χ4n) is 2.66. The SMILES string of the molecule is CCNC(Cc1ccc(/C=C/C(=O)NOC2CCCCO2)cc1)=NCC(C)=O. The lowest BCUT2D eigenvalue weighted by Crippen LogP contribution is -2.32. The third-order valence-corrected chi connectivity index (χ3v) is 4.08. The molecule has 1 saturated heterocycles. The van der Waals surface area contributed by atoms with Crippen molar-refractivity contribution in [1.29, 1.82) is 0 Å². The van der Waals surface area contributed by atoms with Crippen LogP contribution in [0.1, 0.15) is 44.2 Å². The molecule has 1 aliphatic rings. The zero-order valence-corrected chi connectivity index (χ0v) is 16.6. The highest BCUT2D eigenvalue weighted by Gasteiger charge is 2.14. The molecule has 2 N–H and O–H groups in total. The summed E-state index contributed by atoms with van der Waals surface area (Å²) in [7, 11) is 0. The quantitative estimate of drug-likeness (QED) is 0.294. The van der Waals surface area contributed by atoms with Crippen molar-refractivity contribution >= 4 is 23.6 Å². The molecule has 1 aromatic rings. The number of amidine groups is 1. The van der Waals surface area contributed by atoms with Crippen LogP contribution in [0.5, 0.6) is 0 Å². The molecule has 7 nitrogen and oxygen atoms in total. The van der Waals surface area contributed by atoms with Gasteiger partial charge in [0.05, 0.1) is 6.54 Å². The van der Waals surface area contributed by atoms with Crippen molar-refractivity contribution < 1.29 is 19.2 Å². The van der Waals surface area contributed by atoms with Crippen molar-refractivity contribution in [3.63, 3.8) is 0 Å². The number of amides is 1. The molecule has 7 heteroatoms. The number of hydroxylamine groups is 1. The second kappa shape index (κ2) is 12.0. The van der Waals surface area contributed by atoms with Crippen molar-refractivity contribution in [2.45, 2.75) is 45.8 Å². The van der Waals surface area contributed by atoms with Crippen LogP contribution >= 0.6 is 0 Å². The zero-order chi connectivity index (χ0) is 20.2. The van der Waals surface area contributed by atoms with Crippen LogP contribution in [0.2, 0.25) is 0 Å². The van der Waals surface area contributed by atoms with E-state index in [0.29, 0.717) is 13.0 Å². The van der Waals surface area contributed by atoms with Gasteiger partial charge in [0, 0.05) is 32.1 Å². The summed E-state index contributed by atoms with van der Waals surface area (Å²) >= 11 is 0. The number of carbonyl (C=O) groups is 2. The Morgan fingerprint density at radius 3 is 2.71 bits per heavy atom. The van der Waals surface area contributed by atoms with E-state index in [0.717, 1.165) is 42.8 Å². The molecule has 0 saturated carbocycles. The number of likely N-dealkylation sites (N-methyl/N-ethyl adjacent to an activating group) is 1. The first kappa shape index (κ1) is 21.8. The van der Waals surface area contributed by atoms with E-state index < -0.39 is 0 Å². The Labute approximate surface area is 166 Å². The Kier molecular flexibility index (Phi) is 9.37. The molecule has 2 rings (SSSR count). The predicted molar refractivity (Wildman–Crippen MR) is 109 cm³/mol. The number of hydrogen-bond acceptors (Lipinski definition) is 5. The Morgan fingerprint density at radius 2 is 2.07 bits per heavy atom. The average Bonchev–Trinajstić information content (AvgIpc) is 2.71. The van der Waals surface area contributed by atoms with Gasteiger partial charge in [0.2, 0.25) is 0 Å². The summed E-state index contributed by atoms with van der Waals surface area (Å²) in [6.07, 6.45) is 6.27. The van der Waals surface area contributed by atoms with Gasteiger partial charge in [-0.2, -0.15) is 0 Å². The minimum atomic E-state index is -0.360. The minimum Gasteiger partial charge on any atom is -0.374 e. The van der Waals surface area contributed by atoms with Gasteiger partial charge in [-0.25, -0.2) is 10.3 Å². The molecule has 1 aromatic carbocycles. The van der Waals surface area contributed by atoms with E-state index in [1.807, 2.05) is 31.2 Å². The normalized spacial score (nSPS) is 17.5. The van der Waals surface area contributed by atoms with Gasteiger partial charge in [0.25, 0.3) is 5.91 Å². The molecule has 1 aliphatic heterocycles. The smallest absolute Gasteiger partial charge is 0.267 e. The predicted octanol–water partition coefficient (Wildman–Crippen LogP) is 2.41. The molecule has 152 valence electrons. The second-order valence-corrected chi connectivity index (χ2v) is 6.63. The maximum atomic E-state index is 11.8. The fourth-order valence-corrected chi connectivity index (χ4v) is 2.66. The lowest BCUT2D eigenvalue weighted by molar-refractivity contribution is -0.198. The largest absolute Gasteiger partial charge is 0.374 e. The van der Waals surface area contributed by atoms with Crippen LogP contribution in [0, 0.1) is 0 Å². The summed E-state index contributed by atoms with van der Waals surface area (Å²) in [5, 5.41) is 3.19. The van der Waals surface area contributed by atoms with Crippen molar-refractivity contribution in [3.05, 3.63) is 41.5 Å². The molecule has 0 spiro atoms. The second-order valence-electron chi connectivity index (χ2n) is 6.63. The van der Waals surface area contributed by atoms with E-state index in [9.17, 15) is 9.59 Å². The summed E-state index contributed by atoms with van der Waals surface area (Å²) in [6.45, 7) is 5.12. The molecule has 1 fully saturated rings. The van der Waals surface area contributed by atoms with Gasteiger partial charge in [0.15, 0.2) is 12.1 Å². The molecular formula is C21H29N3O4. The number of rotatable bonds is 9. The number of carbonyl (C=O) groups excluding carboxylic acids is 2. The summed E-state index contributed by atoms with van der Waals surface area (Å²) in [4.78, 5) is 32.5. The van der Waals surface area contributed by atoms with Crippen LogP contribution in [-0.4, -0.2) is 43.5 Å². The number of ketones is 1. The first-order valence-corrected chi connectivity index (χ1v) is 9.67. The summed E-state index contributed by atoms with van der Waals surface area (Å²) < 4.78 is 5.39. The van der Waals surface area contributed by atoms with Crippen LogP contribution in [-0.2, 0) is 25.6 Å². The average molecular weight is 387 g/mol. The van der Waals surface area contributed by atoms with Crippen molar-refractivity contribution in [1.82, 2.24) is 10.8 Å². The number of Topliss-reactive ketones (excluding diaryl/α,β-unsaturated/α-hetero) is 1. The number of ether oxygens (including phenoxy) is 1. The molecule has 0 aromatic heterocycles. The van der Waals surface area contributed by atoms with Gasteiger partial charge in [-0.3, -0.25) is 14.6 Å². The molecule has 0 aliphatic carbocycles. The Hall–Kier alpha value is -2.51. The van der Waals surface area contributed by atoms with Gasteiger partial charge in [-0.15, -0.1) is 0 Å². The Balaban J connectivity index is 1.83. The molecule has 0 bridgehead atoms. The van der Waals surface area contributed by atoms with Crippen molar-refractivity contribution in [2.75, 3.05) is 19.7 Å². The Morgan fingerprint density at radius 1 is 1.29 bits per heavy atom. The van der Waals surface area contributed by atoms with Gasteiger partial charge < -0.3 is 10.1 Å². The van der Waals surface area contributed by atoms with E-state index >= 15 is 0 Å². The molecular weight excluding hydrogens is 358 g/mol. The number of hydrogen-bond donors (Lipinski definition) is 2. The maximum Gasteiger partial charge on any atom is 0.267 e. The first-order chi connectivity index (χ1) is 13.6. The maximum absolute atomic E-state index is 11.8. The number of nitrogens with one attached hydrogen (secondary N) is 2. The molecule has 1 amide bonds. The lowest BCUT2D eigenvalue weighted by atomic mass is 10.1. The summed E-state index contributed by atoms with van der Waals surface area (Å²) in [5.74, 6) is 0.500. The fraction of sp³-hybridized carbons (Fsp3) is 0.476. The summed E-state index contributed by atoms with van der Waals surface area (Å²) in [6, 6.07) is 7.81. The zero-order valence-electron chi connectivity index (χ0n) is 16.6. The topological polar surface area (TPSA) is 89.0 Å². The van der Waals surface area contributed by atoms with Crippen LogP contribution < -0.4 is 10.8 Å². The number of aliphatic imine (C=N–C) groups is 1. The third kappa shape index (κ3) is 8.45. The van der Waals surface area contributed by atoms with Crippen molar-refractivity contribution in [2.24, 2.45) is 4.99 Å². The van der Waals surface area contributed by atoms with Gasteiger partial charge in [0.1, 0.15) is 5.84 Å². The van der Waals surface area contributed by atoms with E-state index in [2.05, 4.69) is 15.8 Å². The highest BCUT2D eigenvalue weighted by Crippen LogP contribution is 2.12.